The SMILES string of the molecule is C1=CCC(CNCCN2CCSCC2)CC1. The molecule has 1 aliphatic carbocycles. The van der Waals surface area contributed by atoms with Gasteiger partial charge < -0.3 is 10.2 Å². The molecule has 1 aliphatic heterocycles. The molecule has 0 radical (unpaired) electrons. The summed E-state index contributed by atoms with van der Waals surface area (Å²) in [7, 11) is 0. The Morgan fingerprint density at radius 3 is 2.88 bits per heavy atom. The molecule has 16 heavy (non-hydrogen) atoms. The van der Waals surface area contributed by atoms with Crippen LogP contribution in [0.5, 0.6) is 0 Å². The van der Waals surface area contributed by atoms with Gasteiger partial charge in [0.25, 0.3) is 0 Å². The molecule has 1 fully saturated rings. The first-order valence-corrected chi connectivity index (χ1v) is 7.76. The molecule has 0 bridgehead atoms. The lowest BCUT2D eigenvalue weighted by Crippen LogP contribution is -2.38. The number of thioether (sulfide) groups is 1. The maximum atomic E-state index is 3.62. The van der Waals surface area contributed by atoms with E-state index in [-0.39, 0.29) is 0 Å². The smallest absolute Gasteiger partial charge is 0.0107 e. The Hall–Kier alpha value is 0.0100. The van der Waals surface area contributed by atoms with Crippen molar-refractivity contribution in [3.63, 3.8) is 0 Å². The average Bonchev–Trinajstić information content (AvgIpc) is 2.37. The summed E-state index contributed by atoms with van der Waals surface area (Å²) in [6.07, 6.45) is 8.62. The molecule has 2 nitrogen and oxygen atoms in total. The quantitative estimate of drug-likeness (QED) is 0.584. The van der Waals surface area contributed by atoms with E-state index in [1.807, 2.05) is 0 Å². The van der Waals surface area contributed by atoms with Crippen molar-refractivity contribution in [1.82, 2.24) is 10.2 Å². The molecule has 2 aliphatic rings. The molecule has 1 atom stereocenters. The fourth-order valence-corrected chi connectivity index (χ4v) is 3.39. The molecule has 3 heteroatoms. The van der Waals surface area contributed by atoms with Crippen LogP contribution in [0.2, 0.25) is 0 Å². The summed E-state index contributed by atoms with van der Waals surface area (Å²) >= 11 is 2.09. The van der Waals surface area contributed by atoms with Crippen molar-refractivity contribution in [3.05, 3.63) is 12.2 Å². The van der Waals surface area contributed by atoms with E-state index in [1.54, 1.807) is 0 Å². The van der Waals surface area contributed by atoms with Crippen molar-refractivity contribution in [2.75, 3.05) is 44.2 Å². The zero-order valence-electron chi connectivity index (χ0n) is 10.2. The van der Waals surface area contributed by atoms with E-state index in [0.717, 1.165) is 5.92 Å². The molecule has 92 valence electrons. The van der Waals surface area contributed by atoms with Crippen LogP contribution in [0.1, 0.15) is 19.3 Å². The van der Waals surface area contributed by atoms with Gasteiger partial charge in [-0.05, 0) is 31.7 Å². The highest BCUT2D eigenvalue weighted by atomic mass is 32.2. The summed E-state index contributed by atoms with van der Waals surface area (Å²) in [6.45, 7) is 6.21. The van der Waals surface area contributed by atoms with E-state index in [2.05, 4.69) is 34.1 Å². The van der Waals surface area contributed by atoms with Gasteiger partial charge >= 0.3 is 0 Å². The van der Waals surface area contributed by atoms with E-state index in [0.29, 0.717) is 0 Å². The molecule has 1 saturated heterocycles. The predicted octanol–water partition coefficient (Wildman–Crippen LogP) is 1.98. The van der Waals surface area contributed by atoms with Crippen LogP contribution in [0, 0.1) is 5.92 Å². The van der Waals surface area contributed by atoms with Crippen molar-refractivity contribution in [2.45, 2.75) is 19.3 Å². The molecule has 0 amide bonds. The lowest BCUT2D eigenvalue weighted by Gasteiger charge is -2.26. The molecule has 1 unspecified atom stereocenters. The minimum Gasteiger partial charge on any atom is -0.315 e. The van der Waals surface area contributed by atoms with Crippen LogP contribution >= 0.6 is 11.8 Å². The largest absolute Gasteiger partial charge is 0.315 e. The summed E-state index contributed by atoms with van der Waals surface area (Å²) < 4.78 is 0. The fraction of sp³-hybridized carbons (Fsp3) is 0.846. The highest BCUT2D eigenvalue weighted by molar-refractivity contribution is 7.99. The van der Waals surface area contributed by atoms with Gasteiger partial charge in [0.05, 0.1) is 0 Å². The van der Waals surface area contributed by atoms with Gasteiger partial charge in [0.15, 0.2) is 0 Å². The van der Waals surface area contributed by atoms with E-state index in [4.69, 9.17) is 0 Å². The second-order valence-corrected chi connectivity index (χ2v) is 6.03. The van der Waals surface area contributed by atoms with Gasteiger partial charge in [-0.25, -0.2) is 0 Å². The normalized spacial score (nSPS) is 27.1. The van der Waals surface area contributed by atoms with Crippen molar-refractivity contribution >= 4 is 11.8 Å². The third-order valence-electron chi connectivity index (χ3n) is 3.52. The van der Waals surface area contributed by atoms with E-state index >= 15 is 0 Å². The summed E-state index contributed by atoms with van der Waals surface area (Å²) in [4.78, 5) is 2.59. The van der Waals surface area contributed by atoms with Gasteiger partial charge in [-0.15, -0.1) is 0 Å². The summed E-state index contributed by atoms with van der Waals surface area (Å²) in [5.74, 6) is 3.54. The zero-order valence-corrected chi connectivity index (χ0v) is 11.0. The predicted molar refractivity (Wildman–Crippen MR) is 73.1 cm³/mol. The zero-order chi connectivity index (χ0) is 11.1. The monoisotopic (exact) mass is 240 g/mol. The Balaban J connectivity index is 1.49. The second-order valence-electron chi connectivity index (χ2n) is 4.81. The number of hydrogen-bond acceptors (Lipinski definition) is 3. The number of nitrogens with zero attached hydrogens (tertiary/aromatic N) is 1. The van der Waals surface area contributed by atoms with Gasteiger partial charge in [0.1, 0.15) is 0 Å². The van der Waals surface area contributed by atoms with E-state index < -0.39 is 0 Å². The van der Waals surface area contributed by atoms with Crippen molar-refractivity contribution in [2.24, 2.45) is 5.92 Å². The third kappa shape index (κ3) is 4.48. The average molecular weight is 240 g/mol. The second kappa shape index (κ2) is 7.36. The molecule has 1 N–H and O–H groups in total. The Kier molecular flexibility index (Phi) is 5.73. The molecule has 1 heterocycles. The van der Waals surface area contributed by atoms with Gasteiger partial charge in [0, 0.05) is 37.7 Å². The molecule has 0 saturated carbocycles. The standard InChI is InChI=1S/C13H24N2S/c1-2-4-13(5-3-1)12-14-6-7-15-8-10-16-11-9-15/h1-2,13-14H,3-12H2. The van der Waals surface area contributed by atoms with Gasteiger partial charge in [-0.3, -0.25) is 0 Å². The number of allylic oxidation sites excluding steroid dienone is 2. The number of nitrogens with one attached hydrogen (secondary N) is 1. The minimum absolute atomic E-state index is 0.891. The lowest BCUT2D eigenvalue weighted by molar-refractivity contribution is 0.296. The summed E-state index contributed by atoms with van der Waals surface area (Å²) in [6, 6.07) is 0. The fourth-order valence-electron chi connectivity index (χ4n) is 2.41. The first kappa shape index (κ1) is 12.5. The van der Waals surface area contributed by atoms with Crippen LogP contribution < -0.4 is 5.32 Å². The summed E-state index contributed by atoms with van der Waals surface area (Å²) in [5, 5.41) is 3.62. The highest BCUT2D eigenvalue weighted by Crippen LogP contribution is 2.16. The van der Waals surface area contributed by atoms with Gasteiger partial charge in [-0.2, -0.15) is 11.8 Å². The number of hydrogen-bond donors (Lipinski definition) is 1. The molecule has 2 rings (SSSR count). The third-order valence-corrected chi connectivity index (χ3v) is 4.46. The van der Waals surface area contributed by atoms with Crippen LogP contribution in [0.3, 0.4) is 0 Å². The molecular weight excluding hydrogens is 216 g/mol. The van der Waals surface area contributed by atoms with Crippen LogP contribution in [0.25, 0.3) is 0 Å². The van der Waals surface area contributed by atoms with Crippen molar-refractivity contribution < 1.29 is 0 Å². The van der Waals surface area contributed by atoms with Gasteiger partial charge in [-0.1, -0.05) is 12.2 Å². The van der Waals surface area contributed by atoms with E-state index in [9.17, 15) is 0 Å². The first-order valence-electron chi connectivity index (χ1n) is 6.61. The van der Waals surface area contributed by atoms with Gasteiger partial charge in [0.2, 0.25) is 0 Å². The topological polar surface area (TPSA) is 15.3 Å². The van der Waals surface area contributed by atoms with Crippen LogP contribution in [-0.4, -0.2) is 49.1 Å². The van der Waals surface area contributed by atoms with Crippen LogP contribution in [0.15, 0.2) is 12.2 Å². The van der Waals surface area contributed by atoms with Crippen molar-refractivity contribution in [1.29, 1.82) is 0 Å². The van der Waals surface area contributed by atoms with Crippen LogP contribution in [0.4, 0.5) is 0 Å². The highest BCUT2D eigenvalue weighted by Gasteiger charge is 2.11. The molecular formula is C13H24N2S. The Morgan fingerprint density at radius 2 is 2.12 bits per heavy atom. The minimum atomic E-state index is 0.891. The Labute approximate surface area is 104 Å². The number of rotatable bonds is 5. The maximum Gasteiger partial charge on any atom is 0.0107 e. The first-order chi connectivity index (χ1) is 7.95. The van der Waals surface area contributed by atoms with E-state index in [1.165, 1.54) is 63.5 Å². The molecule has 0 aromatic heterocycles. The summed E-state index contributed by atoms with van der Waals surface area (Å²) in [5.41, 5.74) is 0. The van der Waals surface area contributed by atoms with Crippen LogP contribution in [-0.2, 0) is 0 Å². The Bertz CT molecular complexity index is 212. The molecule has 0 spiro atoms. The Morgan fingerprint density at radius 1 is 1.25 bits per heavy atom. The maximum absolute atomic E-state index is 3.62. The molecule has 0 aromatic rings. The van der Waals surface area contributed by atoms with Crippen molar-refractivity contribution in [3.8, 4) is 0 Å². The molecule has 0 aromatic carbocycles. The lowest BCUT2D eigenvalue weighted by atomic mass is 9.94.